The fraction of sp³-hybridized carbons (Fsp3) is 0.500. The number of fused-ring (bicyclic) bond motifs is 3. The van der Waals surface area contributed by atoms with E-state index in [-0.39, 0.29) is 33.9 Å². The van der Waals surface area contributed by atoms with Gasteiger partial charge >= 0.3 is 0 Å². The number of aliphatic hydroxyl groups excluding tert-OH is 1. The molecule has 2 bridgehead atoms. The first-order valence-electron chi connectivity index (χ1n) is 7.15. The summed E-state index contributed by atoms with van der Waals surface area (Å²) in [6.45, 7) is 1.34. The van der Waals surface area contributed by atoms with Crippen LogP contribution in [0.25, 0.3) is 10.9 Å². The number of hydrogen-bond acceptors (Lipinski definition) is 5. The Kier molecular flexibility index (Phi) is 3.36. The molecule has 2 aromatic heterocycles. The predicted octanol–water partition coefficient (Wildman–Crippen LogP) is 2.68. The van der Waals surface area contributed by atoms with E-state index < -0.39 is 5.82 Å². The molecule has 2 fully saturated rings. The Labute approximate surface area is 136 Å². The van der Waals surface area contributed by atoms with Crippen LogP contribution in [0.15, 0.2) is 6.20 Å². The largest absolute Gasteiger partial charge is 0.392 e. The molecule has 1 aliphatic carbocycles. The van der Waals surface area contributed by atoms with Crippen LogP contribution in [0.4, 0.5) is 10.2 Å². The first-order chi connectivity index (χ1) is 10.5. The molecule has 1 unspecified atom stereocenters. The van der Waals surface area contributed by atoms with Crippen LogP contribution in [0, 0.1) is 17.7 Å². The maximum Gasteiger partial charge on any atom is 0.225 e. The standard InChI is InChI=1S/C14H13Cl2FN4O/c15-12-9(17)10-8(3-18-12)13(20-14(16)19-10)21-4-6-1-2-7(5-21)11(6)22/h3,6-7,11,22H,1-2,4-5H2/t6-,7+,11?. The zero-order valence-electron chi connectivity index (χ0n) is 11.5. The molecule has 1 saturated carbocycles. The first kappa shape index (κ1) is 14.4. The van der Waals surface area contributed by atoms with Gasteiger partial charge in [0.05, 0.1) is 11.5 Å². The highest BCUT2D eigenvalue weighted by atomic mass is 35.5. The summed E-state index contributed by atoms with van der Waals surface area (Å²) in [6, 6.07) is 0. The van der Waals surface area contributed by atoms with Gasteiger partial charge in [0.1, 0.15) is 11.3 Å². The second-order valence-electron chi connectivity index (χ2n) is 5.93. The van der Waals surface area contributed by atoms with E-state index in [1.807, 2.05) is 4.90 Å². The number of piperidine rings is 1. The zero-order chi connectivity index (χ0) is 15.4. The fourth-order valence-corrected chi connectivity index (χ4v) is 3.90. The van der Waals surface area contributed by atoms with Crippen LogP contribution in [0.3, 0.4) is 0 Å². The lowest BCUT2D eigenvalue weighted by Crippen LogP contribution is -2.45. The molecule has 1 N–H and O–H groups in total. The molecular formula is C14H13Cl2FN4O. The second-order valence-corrected chi connectivity index (χ2v) is 6.63. The number of anilines is 1. The van der Waals surface area contributed by atoms with Crippen LogP contribution in [0.2, 0.25) is 10.4 Å². The Hall–Kier alpha value is -1.24. The molecule has 4 rings (SSSR count). The Morgan fingerprint density at radius 2 is 1.86 bits per heavy atom. The number of rotatable bonds is 1. The average Bonchev–Trinajstić information content (AvgIpc) is 2.73. The molecule has 0 radical (unpaired) electrons. The summed E-state index contributed by atoms with van der Waals surface area (Å²) < 4.78 is 14.2. The third kappa shape index (κ3) is 2.13. The van der Waals surface area contributed by atoms with E-state index in [9.17, 15) is 9.50 Å². The van der Waals surface area contributed by atoms with Crippen molar-refractivity contribution in [3.8, 4) is 0 Å². The van der Waals surface area contributed by atoms with E-state index in [4.69, 9.17) is 23.2 Å². The van der Waals surface area contributed by atoms with Crippen LogP contribution < -0.4 is 4.90 Å². The van der Waals surface area contributed by atoms with Crippen molar-refractivity contribution < 1.29 is 9.50 Å². The minimum Gasteiger partial charge on any atom is -0.392 e. The third-order valence-corrected chi connectivity index (χ3v) is 5.11. The van der Waals surface area contributed by atoms with Gasteiger partial charge in [-0.15, -0.1) is 0 Å². The van der Waals surface area contributed by atoms with Gasteiger partial charge in [-0.05, 0) is 24.4 Å². The molecule has 2 aromatic rings. The number of aliphatic hydroxyl groups is 1. The van der Waals surface area contributed by atoms with E-state index >= 15 is 0 Å². The van der Waals surface area contributed by atoms with Crippen molar-refractivity contribution in [3.63, 3.8) is 0 Å². The monoisotopic (exact) mass is 342 g/mol. The van der Waals surface area contributed by atoms with Crippen LogP contribution in [0.5, 0.6) is 0 Å². The minimum absolute atomic E-state index is 0.0258. The number of nitrogens with zero attached hydrogens (tertiary/aromatic N) is 4. The molecule has 116 valence electrons. The van der Waals surface area contributed by atoms with Gasteiger partial charge in [0.15, 0.2) is 11.0 Å². The number of aromatic nitrogens is 3. The van der Waals surface area contributed by atoms with Gasteiger partial charge in [0, 0.05) is 31.1 Å². The van der Waals surface area contributed by atoms with Crippen LogP contribution in [-0.2, 0) is 0 Å². The molecule has 2 aliphatic rings. The van der Waals surface area contributed by atoms with Crippen LogP contribution in [-0.4, -0.2) is 39.3 Å². The smallest absolute Gasteiger partial charge is 0.225 e. The summed E-state index contributed by atoms with van der Waals surface area (Å²) in [6.07, 6.45) is 3.21. The summed E-state index contributed by atoms with van der Waals surface area (Å²) in [5.41, 5.74) is 0.0773. The quantitative estimate of drug-likeness (QED) is 0.637. The van der Waals surface area contributed by atoms with Gasteiger partial charge in [-0.1, -0.05) is 11.6 Å². The highest BCUT2D eigenvalue weighted by Crippen LogP contribution is 2.40. The van der Waals surface area contributed by atoms with E-state index in [2.05, 4.69) is 15.0 Å². The lowest BCUT2D eigenvalue weighted by Gasteiger charge is -2.36. The van der Waals surface area contributed by atoms with Crippen molar-refractivity contribution >= 4 is 39.9 Å². The molecule has 1 aliphatic heterocycles. The van der Waals surface area contributed by atoms with Crippen molar-refractivity contribution in [3.05, 3.63) is 22.5 Å². The summed E-state index contributed by atoms with van der Waals surface area (Å²) >= 11 is 11.7. The predicted molar refractivity (Wildman–Crippen MR) is 81.7 cm³/mol. The fourth-order valence-electron chi connectivity index (χ4n) is 3.60. The van der Waals surface area contributed by atoms with Crippen LogP contribution >= 0.6 is 23.2 Å². The lowest BCUT2D eigenvalue weighted by molar-refractivity contribution is 0.0791. The average molecular weight is 343 g/mol. The molecular weight excluding hydrogens is 330 g/mol. The summed E-state index contributed by atoms with van der Waals surface area (Å²) in [7, 11) is 0. The molecule has 1 saturated heterocycles. The highest BCUT2D eigenvalue weighted by molar-refractivity contribution is 6.30. The normalized spacial score (nSPS) is 27.6. The Morgan fingerprint density at radius 1 is 1.18 bits per heavy atom. The molecule has 0 aromatic carbocycles. The Morgan fingerprint density at radius 3 is 2.55 bits per heavy atom. The second kappa shape index (κ2) is 5.15. The van der Waals surface area contributed by atoms with Crippen molar-refractivity contribution in [1.82, 2.24) is 15.0 Å². The maximum absolute atomic E-state index is 14.2. The SMILES string of the molecule is OC1[C@@H]2CC[C@H]1CN(c1nc(Cl)nc3c(F)c(Cl)ncc13)C2. The molecule has 3 heterocycles. The van der Waals surface area contributed by atoms with Gasteiger partial charge in [-0.3, -0.25) is 0 Å². The lowest BCUT2D eigenvalue weighted by atomic mass is 9.95. The molecule has 3 atom stereocenters. The van der Waals surface area contributed by atoms with Gasteiger partial charge in [0.25, 0.3) is 0 Å². The van der Waals surface area contributed by atoms with Crippen molar-refractivity contribution in [2.24, 2.45) is 11.8 Å². The number of hydrogen-bond donors (Lipinski definition) is 1. The number of pyridine rings is 1. The zero-order valence-corrected chi connectivity index (χ0v) is 13.0. The van der Waals surface area contributed by atoms with E-state index in [0.717, 1.165) is 12.8 Å². The molecule has 0 spiro atoms. The van der Waals surface area contributed by atoms with Crippen molar-refractivity contribution in [2.45, 2.75) is 18.9 Å². The Balaban J connectivity index is 1.84. The molecule has 5 nitrogen and oxygen atoms in total. The molecule has 8 heteroatoms. The van der Waals surface area contributed by atoms with E-state index in [1.54, 1.807) is 0 Å². The highest BCUT2D eigenvalue weighted by Gasteiger charge is 2.41. The summed E-state index contributed by atoms with van der Waals surface area (Å²) in [4.78, 5) is 14.1. The van der Waals surface area contributed by atoms with Gasteiger partial charge in [-0.2, -0.15) is 4.98 Å². The number of halogens is 3. The van der Waals surface area contributed by atoms with Crippen LogP contribution in [0.1, 0.15) is 12.8 Å². The third-order valence-electron chi connectivity index (χ3n) is 4.68. The van der Waals surface area contributed by atoms with Crippen molar-refractivity contribution in [2.75, 3.05) is 18.0 Å². The van der Waals surface area contributed by atoms with Gasteiger partial charge in [-0.25, -0.2) is 14.4 Å². The van der Waals surface area contributed by atoms with Gasteiger partial charge in [0.2, 0.25) is 5.28 Å². The first-order valence-corrected chi connectivity index (χ1v) is 7.90. The minimum atomic E-state index is -0.690. The summed E-state index contributed by atoms with van der Waals surface area (Å²) in [5.74, 6) is 0.298. The van der Waals surface area contributed by atoms with E-state index in [0.29, 0.717) is 24.3 Å². The topological polar surface area (TPSA) is 62.1 Å². The molecule has 22 heavy (non-hydrogen) atoms. The van der Waals surface area contributed by atoms with E-state index in [1.165, 1.54) is 6.20 Å². The van der Waals surface area contributed by atoms with Crippen molar-refractivity contribution in [1.29, 1.82) is 0 Å². The maximum atomic E-state index is 14.2. The molecule has 0 amide bonds. The summed E-state index contributed by atoms with van der Waals surface area (Å²) in [5, 5.41) is 10.4. The Bertz CT molecular complexity index is 745. The van der Waals surface area contributed by atoms with Gasteiger partial charge < -0.3 is 10.0 Å².